The summed E-state index contributed by atoms with van der Waals surface area (Å²) in [6, 6.07) is 16.6. The van der Waals surface area contributed by atoms with Crippen LogP contribution < -0.4 is 22.1 Å². The Morgan fingerprint density at radius 2 is 1.64 bits per heavy atom. The predicted molar refractivity (Wildman–Crippen MR) is 178 cm³/mol. The number of fused-ring (bicyclic) bond motifs is 2. The van der Waals surface area contributed by atoms with Crippen LogP contribution in [0.5, 0.6) is 0 Å². The normalized spacial score (nSPS) is 17.6. The van der Waals surface area contributed by atoms with Crippen molar-refractivity contribution in [1.29, 1.82) is 0 Å². The Kier molecular flexibility index (Phi) is 8.33. The molecule has 10 heteroatoms. The summed E-state index contributed by atoms with van der Waals surface area (Å²) in [4.78, 5) is 54.5. The number of nitrogens with one attached hydrogen (secondary N) is 3. The number of aromatic nitrogens is 4. The predicted octanol–water partition coefficient (Wildman–Crippen LogP) is 5.03. The molecule has 1 fully saturated rings. The number of hydrogen-bond donors (Lipinski definition) is 5. The van der Waals surface area contributed by atoms with E-state index in [1.54, 1.807) is 23.1 Å². The first-order valence-electron chi connectivity index (χ1n) is 15.7. The van der Waals surface area contributed by atoms with Crippen molar-refractivity contribution in [2.24, 2.45) is 23.3 Å². The fourth-order valence-corrected chi connectivity index (χ4v) is 6.60. The van der Waals surface area contributed by atoms with Gasteiger partial charge < -0.3 is 26.4 Å². The molecule has 0 bridgehead atoms. The molecule has 3 aromatic carbocycles. The summed E-state index contributed by atoms with van der Waals surface area (Å²) in [7, 11) is 0. The molecule has 0 unspecified atom stereocenters. The lowest BCUT2D eigenvalue weighted by atomic mass is 9.81. The van der Waals surface area contributed by atoms with Gasteiger partial charge in [0.05, 0.1) is 22.1 Å². The first-order chi connectivity index (χ1) is 21.6. The van der Waals surface area contributed by atoms with E-state index >= 15 is 0 Å². The number of amides is 2. The van der Waals surface area contributed by atoms with Crippen molar-refractivity contribution in [3.63, 3.8) is 0 Å². The van der Waals surface area contributed by atoms with Crippen LogP contribution >= 0.6 is 0 Å². The van der Waals surface area contributed by atoms with Gasteiger partial charge in [-0.2, -0.15) is 0 Å². The second-order valence-corrected chi connectivity index (χ2v) is 12.8. The Morgan fingerprint density at radius 3 is 2.31 bits per heavy atom. The van der Waals surface area contributed by atoms with Gasteiger partial charge in [-0.25, -0.2) is 9.78 Å². The fourth-order valence-electron chi connectivity index (χ4n) is 6.60. The lowest BCUT2D eigenvalue weighted by Gasteiger charge is -2.35. The molecule has 2 amide bonds. The van der Waals surface area contributed by atoms with Crippen molar-refractivity contribution in [2.45, 2.75) is 64.8 Å². The van der Waals surface area contributed by atoms with Crippen LogP contribution in [0.1, 0.15) is 62.4 Å². The number of H-pyrrole nitrogens is 3. The summed E-state index contributed by atoms with van der Waals surface area (Å²) in [5.41, 5.74) is 19.4. The van der Waals surface area contributed by atoms with E-state index in [4.69, 9.17) is 16.5 Å². The standard InChI is InChI=1S/C35H41N7O3/c1-19(2)33-38-28-14-20(3)26(17-30(28)39-33)23-8-4-21(5-9-23)15-31(32(37)43)42(34(44)24-10-6-22(18-36)7-11-24)25-12-13-27-29(16-25)41-35(45)40-27/h4-5,8-9,12-14,16-17,19,22,24,31H,6-7,10-11,15,18,36H2,1-3H3,(H2,37,43)(H,38,39)(H2,40,41,45)/t22?,24?,31-/m0/s1. The number of aromatic amines is 3. The van der Waals surface area contributed by atoms with Crippen molar-refractivity contribution in [3.8, 4) is 11.1 Å². The van der Waals surface area contributed by atoms with Crippen LogP contribution in [0.3, 0.4) is 0 Å². The number of nitrogens with two attached hydrogens (primary N) is 2. The number of aryl methyl sites for hydroxylation is 1. The molecule has 7 N–H and O–H groups in total. The lowest BCUT2D eigenvalue weighted by Crippen LogP contribution is -2.52. The van der Waals surface area contributed by atoms with Crippen molar-refractivity contribution >= 4 is 39.6 Å². The minimum absolute atomic E-state index is 0.133. The summed E-state index contributed by atoms with van der Waals surface area (Å²) in [6.45, 7) is 6.92. The highest BCUT2D eigenvalue weighted by Gasteiger charge is 2.36. The second-order valence-electron chi connectivity index (χ2n) is 12.8. The van der Waals surface area contributed by atoms with Crippen LogP contribution in [0, 0.1) is 18.8 Å². The van der Waals surface area contributed by atoms with E-state index < -0.39 is 11.9 Å². The fraction of sp³-hybridized carbons (Fsp3) is 0.371. The molecule has 0 aliphatic heterocycles. The zero-order valence-electron chi connectivity index (χ0n) is 26.0. The molecule has 6 rings (SSSR count). The zero-order valence-corrected chi connectivity index (χ0v) is 26.0. The summed E-state index contributed by atoms with van der Waals surface area (Å²) in [6.07, 6.45) is 3.40. The average molecular weight is 608 g/mol. The molecule has 2 aromatic heterocycles. The largest absolute Gasteiger partial charge is 0.368 e. The Labute approximate surface area is 261 Å². The maximum Gasteiger partial charge on any atom is 0.323 e. The van der Waals surface area contributed by atoms with E-state index in [2.05, 4.69) is 47.9 Å². The van der Waals surface area contributed by atoms with Gasteiger partial charge in [0.15, 0.2) is 0 Å². The molecule has 10 nitrogen and oxygen atoms in total. The van der Waals surface area contributed by atoms with Crippen molar-refractivity contribution in [2.75, 3.05) is 11.4 Å². The SMILES string of the molecule is Cc1cc2[nH]c(C(C)C)nc2cc1-c1ccc(C[C@@H](C(N)=O)N(C(=O)C2CCC(CN)CC2)c2ccc3[nH]c(=O)[nH]c3c2)cc1. The Bertz CT molecular complexity index is 1910. The second kappa shape index (κ2) is 12.4. The quantitative estimate of drug-likeness (QED) is 0.158. The van der Waals surface area contributed by atoms with Gasteiger partial charge in [0.2, 0.25) is 11.8 Å². The number of primary amides is 1. The molecule has 0 spiro atoms. The number of carbonyl (C=O) groups is 2. The lowest BCUT2D eigenvalue weighted by molar-refractivity contribution is -0.127. The molecule has 45 heavy (non-hydrogen) atoms. The molecule has 5 aromatic rings. The van der Waals surface area contributed by atoms with Gasteiger partial charge in [0.25, 0.3) is 0 Å². The molecule has 1 atom stereocenters. The number of rotatable bonds is 9. The molecule has 0 radical (unpaired) electrons. The monoisotopic (exact) mass is 607 g/mol. The van der Waals surface area contributed by atoms with Crippen molar-refractivity contribution in [1.82, 2.24) is 19.9 Å². The smallest absolute Gasteiger partial charge is 0.323 e. The molecular weight excluding hydrogens is 566 g/mol. The number of anilines is 1. The highest BCUT2D eigenvalue weighted by atomic mass is 16.2. The minimum Gasteiger partial charge on any atom is -0.368 e. The van der Waals surface area contributed by atoms with Crippen LogP contribution in [-0.4, -0.2) is 44.3 Å². The molecule has 1 aliphatic rings. The zero-order chi connectivity index (χ0) is 31.8. The first kappa shape index (κ1) is 30.3. The molecule has 234 valence electrons. The van der Waals surface area contributed by atoms with Gasteiger partial charge in [-0.15, -0.1) is 0 Å². The average Bonchev–Trinajstić information content (AvgIpc) is 3.62. The Morgan fingerprint density at radius 1 is 0.933 bits per heavy atom. The molecule has 0 saturated heterocycles. The summed E-state index contributed by atoms with van der Waals surface area (Å²) in [5, 5.41) is 0. The number of imidazole rings is 2. The van der Waals surface area contributed by atoms with Crippen LogP contribution in [-0.2, 0) is 16.0 Å². The highest BCUT2D eigenvalue weighted by Crippen LogP contribution is 2.34. The molecule has 1 saturated carbocycles. The highest BCUT2D eigenvalue weighted by molar-refractivity contribution is 6.02. The van der Waals surface area contributed by atoms with Crippen molar-refractivity contribution in [3.05, 3.63) is 82.0 Å². The Hall–Kier alpha value is -4.70. The number of benzene rings is 3. The van der Waals surface area contributed by atoms with Gasteiger partial charge >= 0.3 is 5.69 Å². The van der Waals surface area contributed by atoms with Gasteiger partial charge in [-0.05, 0) is 97.7 Å². The third kappa shape index (κ3) is 6.15. The van der Waals surface area contributed by atoms with Gasteiger partial charge in [-0.3, -0.25) is 14.5 Å². The topological polar surface area (TPSA) is 167 Å². The first-order valence-corrected chi connectivity index (χ1v) is 15.7. The maximum absolute atomic E-state index is 14.2. The molecular formula is C35H41N7O3. The van der Waals surface area contributed by atoms with Crippen LogP contribution in [0.15, 0.2) is 59.4 Å². The summed E-state index contributed by atoms with van der Waals surface area (Å²) < 4.78 is 0. The van der Waals surface area contributed by atoms with Gasteiger partial charge in [-0.1, -0.05) is 38.1 Å². The Balaban J connectivity index is 1.31. The molecule has 2 heterocycles. The van der Waals surface area contributed by atoms with E-state index in [9.17, 15) is 14.4 Å². The van der Waals surface area contributed by atoms with Gasteiger partial charge in [0.1, 0.15) is 11.9 Å². The van der Waals surface area contributed by atoms with Crippen LogP contribution in [0.2, 0.25) is 0 Å². The number of hydrogen-bond acceptors (Lipinski definition) is 5. The third-order valence-electron chi connectivity index (χ3n) is 9.27. The van der Waals surface area contributed by atoms with Crippen molar-refractivity contribution < 1.29 is 9.59 Å². The summed E-state index contributed by atoms with van der Waals surface area (Å²) in [5.74, 6) is 0.706. The van der Waals surface area contributed by atoms with E-state index in [0.29, 0.717) is 47.9 Å². The molecule has 1 aliphatic carbocycles. The van der Waals surface area contributed by atoms with E-state index in [1.807, 2.05) is 24.3 Å². The van der Waals surface area contributed by atoms with E-state index in [-0.39, 0.29) is 23.9 Å². The van der Waals surface area contributed by atoms with Crippen LogP contribution in [0.25, 0.3) is 33.2 Å². The minimum atomic E-state index is -0.921. The maximum atomic E-state index is 14.2. The number of carbonyl (C=O) groups excluding carboxylic acids is 2. The van der Waals surface area contributed by atoms with E-state index in [0.717, 1.165) is 52.0 Å². The number of nitrogens with zero attached hydrogens (tertiary/aromatic N) is 2. The summed E-state index contributed by atoms with van der Waals surface area (Å²) >= 11 is 0. The van der Waals surface area contributed by atoms with E-state index in [1.165, 1.54) is 0 Å². The third-order valence-corrected chi connectivity index (χ3v) is 9.27. The van der Waals surface area contributed by atoms with Crippen LogP contribution in [0.4, 0.5) is 5.69 Å². The van der Waals surface area contributed by atoms with Gasteiger partial charge in [0, 0.05) is 23.9 Å².